The smallest absolute Gasteiger partial charge is 0.408 e. The van der Waals surface area contributed by atoms with Crippen LogP contribution in [0, 0.1) is 5.82 Å². The average Bonchev–Trinajstić information content (AvgIpc) is 3.27. The molecule has 1 amide bonds. The monoisotopic (exact) mass is 590 g/mol. The quantitative estimate of drug-likeness (QED) is 0.338. The first kappa shape index (κ1) is 25.1. The number of nitrogens with one attached hydrogen (secondary N) is 1. The summed E-state index contributed by atoms with van der Waals surface area (Å²) >= 11 is 3.15. The number of fused-ring (bicyclic) bond motifs is 1. The van der Waals surface area contributed by atoms with Gasteiger partial charge in [0, 0.05) is 20.2 Å². The van der Waals surface area contributed by atoms with Gasteiger partial charge in [-0.15, -0.1) is 0 Å². The molecule has 192 valence electrons. The largest absolute Gasteiger partial charge is 0.419 e. The molecule has 0 aliphatic carbocycles. The standard InChI is InChI=1S/C24H20BrFN4O6S/c1-29-19-9-7-16(12-20(19)35-23(29)32)37(33,34)36-15-5-3-4-13(10-15)24(21(31)30(2)22(27)28-24)14-6-8-18(26)17(25)11-14/h3-12,22,28H,27H2,1-2H3. The van der Waals surface area contributed by atoms with Crippen LogP contribution < -0.4 is 21.0 Å². The lowest BCUT2D eigenvalue weighted by atomic mass is 9.82. The van der Waals surface area contributed by atoms with Crippen LogP contribution in [0.15, 0.2) is 79.2 Å². The van der Waals surface area contributed by atoms with Gasteiger partial charge < -0.3 is 13.5 Å². The van der Waals surface area contributed by atoms with E-state index in [0.29, 0.717) is 16.6 Å². The van der Waals surface area contributed by atoms with Crippen LogP contribution in [0.5, 0.6) is 5.75 Å². The van der Waals surface area contributed by atoms with Crippen molar-refractivity contribution in [3.8, 4) is 5.75 Å². The first-order valence-corrected chi connectivity index (χ1v) is 13.0. The van der Waals surface area contributed by atoms with E-state index in [-0.39, 0.29) is 20.7 Å². The van der Waals surface area contributed by atoms with Gasteiger partial charge in [-0.1, -0.05) is 18.2 Å². The lowest BCUT2D eigenvalue weighted by Crippen LogP contribution is -2.48. The summed E-state index contributed by atoms with van der Waals surface area (Å²) in [5, 5.41) is 3.06. The lowest BCUT2D eigenvalue weighted by Gasteiger charge is -2.29. The lowest BCUT2D eigenvalue weighted by molar-refractivity contribution is -0.131. The van der Waals surface area contributed by atoms with Crippen LogP contribution in [-0.4, -0.2) is 37.1 Å². The van der Waals surface area contributed by atoms with Crippen LogP contribution in [0.25, 0.3) is 11.1 Å². The number of halogens is 2. The summed E-state index contributed by atoms with van der Waals surface area (Å²) in [7, 11) is -1.33. The molecule has 2 unspecified atom stereocenters. The van der Waals surface area contributed by atoms with Gasteiger partial charge in [0.1, 0.15) is 22.8 Å². The van der Waals surface area contributed by atoms with Gasteiger partial charge in [-0.05, 0) is 63.5 Å². The van der Waals surface area contributed by atoms with Crippen LogP contribution >= 0.6 is 15.9 Å². The minimum atomic E-state index is -4.35. The molecule has 1 aliphatic heterocycles. The first-order chi connectivity index (χ1) is 17.4. The zero-order chi connectivity index (χ0) is 26.7. The van der Waals surface area contributed by atoms with Crippen LogP contribution in [0.3, 0.4) is 0 Å². The number of carbonyl (C=O) groups is 1. The van der Waals surface area contributed by atoms with Crippen molar-refractivity contribution >= 4 is 43.1 Å². The van der Waals surface area contributed by atoms with Gasteiger partial charge in [0.05, 0.1) is 9.99 Å². The minimum absolute atomic E-state index is 0.0783. The maximum Gasteiger partial charge on any atom is 0.419 e. The van der Waals surface area contributed by atoms with Gasteiger partial charge in [-0.3, -0.25) is 20.4 Å². The van der Waals surface area contributed by atoms with Crippen molar-refractivity contribution in [1.82, 2.24) is 14.8 Å². The molecule has 0 radical (unpaired) electrons. The Morgan fingerprint density at radius 2 is 1.81 bits per heavy atom. The number of nitrogens with two attached hydrogens (primary N) is 1. The summed E-state index contributed by atoms with van der Waals surface area (Å²) in [6.45, 7) is 0. The van der Waals surface area contributed by atoms with E-state index >= 15 is 0 Å². The van der Waals surface area contributed by atoms with Crippen molar-refractivity contribution in [2.75, 3.05) is 7.05 Å². The second-order valence-electron chi connectivity index (χ2n) is 8.51. The molecule has 0 spiro atoms. The molecule has 3 N–H and O–H groups in total. The summed E-state index contributed by atoms with van der Waals surface area (Å²) in [5.74, 6) is -1.65. The number of hydrogen-bond acceptors (Lipinski definition) is 8. The molecule has 0 saturated carbocycles. The Balaban J connectivity index is 1.57. The maximum absolute atomic E-state index is 14.0. The van der Waals surface area contributed by atoms with E-state index in [0.717, 1.165) is 0 Å². The van der Waals surface area contributed by atoms with Crippen molar-refractivity contribution in [2.24, 2.45) is 12.8 Å². The van der Waals surface area contributed by atoms with Crippen molar-refractivity contribution in [2.45, 2.75) is 16.7 Å². The van der Waals surface area contributed by atoms with Gasteiger partial charge in [0.25, 0.3) is 5.91 Å². The second kappa shape index (κ2) is 8.80. The molecule has 37 heavy (non-hydrogen) atoms. The zero-order valence-electron chi connectivity index (χ0n) is 19.4. The number of aromatic nitrogens is 1. The number of carbonyl (C=O) groups excluding carboxylic acids is 1. The molecule has 5 rings (SSSR count). The van der Waals surface area contributed by atoms with Crippen molar-refractivity contribution in [1.29, 1.82) is 0 Å². The van der Waals surface area contributed by atoms with Crippen LogP contribution in [0.4, 0.5) is 4.39 Å². The van der Waals surface area contributed by atoms with Crippen molar-refractivity contribution < 1.29 is 26.2 Å². The molecule has 2 heterocycles. The first-order valence-electron chi connectivity index (χ1n) is 10.8. The van der Waals surface area contributed by atoms with Crippen molar-refractivity contribution in [3.63, 3.8) is 0 Å². The summed E-state index contributed by atoms with van der Waals surface area (Å²) in [5.41, 5.74) is 5.79. The van der Waals surface area contributed by atoms with E-state index in [1.807, 2.05) is 0 Å². The highest BCUT2D eigenvalue weighted by Crippen LogP contribution is 2.39. The van der Waals surface area contributed by atoms with Gasteiger partial charge >= 0.3 is 15.9 Å². The normalized spacial score (nSPS) is 20.1. The van der Waals surface area contributed by atoms with Gasteiger partial charge in [0.2, 0.25) is 0 Å². The fraction of sp³-hybridized carbons (Fsp3) is 0.167. The van der Waals surface area contributed by atoms with E-state index in [2.05, 4.69) is 21.2 Å². The molecule has 1 aliphatic rings. The molecule has 3 aromatic carbocycles. The van der Waals surface area contributed by atoms with Crippen LogP contribution in [0.1, 0.15) is 11.1 Å². The Morgan fingerprint density at radius 3 is 2.49 bits per heavy atom. The third kappa shape index (κ3) is 4.03. The van der Waals surface area contributed by atoms with Crippen molar-refractivity contribution in [3.05, 3.63) is 92.6 Å². The number of amides is 1. The second-order valence-corrected chi connectivity index (χ2v) is 10.9. The molecule has 1 aromatic heterocycles. The zero-order valence-corrected chi connectivity index (χ0v) is 21.8. The molecule has 1 fully saturated rings. The molecule has 2 atom stereocenters. The summed E-state index contributed by atoms with van der Waals surface area (Å²) < 4.78 is 52.0. The molecule has 0 bridgehead atoms. The third-order valence-electron chi connectivity index (χ3n) is 6.30. The SMILES string of the molecule is CN1C(=O)C(c2cccc(OS(=O)(=O)c3ccc4c(c3)oc(=O)n4C)c2)(c2ccc(F)c(Br)c2)NC1N. The van der Waals surface area contributed by atoms with E-state index in [4.69, 9.17) is 14.3 Å². The highest BCUT2D eigenvalue weighted by Gasteiger charge is 2.51. The van der Waals surface area contributed by atoms with Gasteiger partial charge in [-0.2, -0.15) is 8.42 Å². The Bertz CT molecular complexity index is 1740. The Labute approximate surface area is 218 Å². The minimum Gasteiger partial charge on any atom is -0.408 e. The number of likely N-dealkylation sites (N-methyl/N-ethyl adjacent to an activating group) is 1. The average molecular weight is 591 g/mol. The highest BCUT2D eigenvalue weighted by molar-refractivity contribution is 9.10. The topological polar surface area (TPSA) is 137 Å². The van der Waals surface area contributed by atoms with E-state index in [9.17, 15) is 22.4 Å². The number of benzene rings is 3. The number of hydrogen-bond donors (Lipinski definition) is 2. The molecule has 10 nitrogen and oxygen atoms in total. The molecule has 13 heteroatoms. The number of aryl methyl sites for hydroxylation is 1. The molecular formula is C24H20BrFN4O6S. The third-order valence-corrected chi connectivity index (χ3v) is 8.15. The van der Waals surface area contributed by atoms with Gasteiger partial charge in [-0.25, -0.2) is 9.18 Å². The molecule has 4 aromatic rings. The number of oxazole rings is 1. The molecule has 1 saturated heterocycles. The predicted molar refractivity (Wildman–Crippen MR) is 134 cm³/mol. The highest BCUT2D eigenvalue weighted by atomic mass is 79.9. The maximum atomic E-state index is 14.0. The Morgan fingerprint density at radius 1 is 1.08 bits per heavy atom. The van der Waals surface area contributed by atoms with Crippen LogP contribution in [0.2, 0.25) is 0 Å². The fourth-order valence-corrected chi connectivity index (χ4v) is 5.62. The number of rotatable bonds is 5. The van der Waals surface area contributed by atoms with E-state index in [1.165, 1.54) is 78.2 Å². The Kier molecular flexibility index (Phi) is 5.98. The Hall–Kier alpha value is -3.52. The predicted octanol–water partition coefficient (Wildman–Crippen LogP) is 2.35. The van der Waals surface area contributed by atoms with Gasteiger partial charge in [0.15, 0.2) is 11.1 Å². The number of nitrogens with zero attached hydrogens (tertiary/aromatic N) is 2. The summed E-state index contributed by atoms with van der Waals surface area (Å²) in [4.78, 5) is 26.3. The van der Waals surface area contributed by atoms with E-state index < -0.39 is 39.4 Å². The fourth-order valence-electron chi connectivity index (χ4n) is 4.31. The van der Waals surface area contributed by atoms with Crippen LogP contribution in [-0.2, 0) is 27.5 Å². The van der Waals surface area contributed by atoms with E-state index in [1.54, 1.807) is 6.07 Å². The summed E-state index contributed by atoms with van der Waals surface area (Å²) in [6.07, 6.45) is -0.864. The summed E-state index contributed by atoms with van der Waals surface area (Å²) in [6, 6.07) is 14.0. The molecular weight excluding hydrogens is 571 g/mol.